The van der Waals surface area contributed by atoms with E-state index in [0.717, 1.165) is 5.01 Å². The van der Waals surface area contributed by atoms with Crippen LogP contribution in [0.25, 0.3) is 0 Å². The minimum Gasteiger partial charge on any atom is -0.284 e. The highest BCUT2D eigenvalue weighted by molar-refractivity contribution is 7.05. The fourth-order valence-corrected chi connectivity index (χ4v) is 2.04. The molecular weight excluding hydrogens is 220 g/mol. The lowest BCUT2D eigenvalue weighted by atomic mass is 10.5. The minimum atomic E-state index is -0.266. The van der Waals surface area contributed by atoms with Gasteiger partial charge in [0.25, 0.3) is 0 Å². The molecule has 0 saturated carbocycles. The van der Waals surface area contributed by atoms with E-state index < -0.39 is 0 Å². The van der Waals surface area contributed by atoms with Gasteiger partial charge in [-0.3, -0.25) is 20.3 Å². The summed E-state index contributed by atoms with van der Waals surface area (Å²) in [4.78, 5) is 14.5. The highest BCUT2D eigenvalue weighted by Gasteiger charge is 2.25. The van der Waals surface area contributed by atoms with Crippen molar-refractivity contribution in [1.82, 2.24) is 31.0 Å². The fourth-order valence-electron chi connectivity index (χ4n) is 1.35. The SMILES string of the molecule is C1NOC(c2nsc(C3NCON3)n2)N1. The Hall–Kier alpha value is -0.680. The van der Waals surface area contributed by atoms with E-state index in [2.05, 4.69) is 31.0 Å². The van der Waals surface area contributed by atoms with E-state index in [1.54, 1.807) is 0 Å². The maximum absolute atomic E-state index is 5.16. The molecule has 3 heterocycles. The lowest BCUT2D eigenvalue weighted by molar-refractivity contribution is 0.0230. The molecule has 0 aromatic carbocycles. The predicted octanol–water partition coefficient (Wildman–Crippen LogP) is -1.30. The Balaban J connectivity index is 1.74. The van der Waals surface area contributed by atoms with Gasteiger partial charge in [-0.25, -0.2) is 4.98 Å². The van der Waals surface area contributed by atoms with Gasteiger partial charge >= 0.3 is 0 Å². The first-order valence-electron chi connectivity index (χ1n) is 4.49. The van der Waals surface area contributed by atoms with Crippen LogP contribution < -0.4 is 21.6 Å². The number of nitrogens with one attached hydrogen (secondary N) is 4. The van der Waals surface area contributed by atoms with Gasteiger partial charge in [-0.1, -0.05) is 0 Å². The Morgan fingerprint density at radius 1 is 1.40 bits per heavy atom. The molecule has 4 N–H and O–H groups in total. The van der Waals surface area contributed by atoms with Crippen molar-refractivity contribution < 1.29 is 9.68 Å². The molecule has 2 aliphatic rings. The van der Waals surface area contributed by atoms with Crippen molar-refractivity contribution in [1.29, 1.82) is 0 Å². The van der Waals surface area contributed by atoms with Gasteiger partial charge in [-0.05, 0) is 11.5 Å². The average Bonchev–Trinajstić information content (AvgIpc) is 3.02. The van der Waals surface area contributed by atoms with E-state index in [-0.39, 0.29) is 12.4 Å². The second kappa shape index (κ2) is 4.06. The molecule has 9 heteroatoms. The molecule has 2 atom stereocenters. The second-order valence-corrected chi connectivity index (χ2v) is 3.84. The van der Waals surface area contributed by atoms with Gasteiger partial charge in [-0.2, -0.15) is 15.3 Å². The third-order valence-electron chi connectivity index (χ3n) is 2.06. The quantitative estimate of drug-likeness (QED) is 0.498. The third kappa shape index (κ3) is 1.86. The molecule has 2 unspecified atom stereocenters. The lowest BCUT2D eigenvalue weighted by Crippen LogP contribution is -2.21. The second-order valence-electron chi connectivity index (χ2n) is 3.06. The number of hydrogen-bond donors (Lipinski definition) is 4. The number of hydrogen-bond acceptors (Lipinski definition) is 9. The molecule has 0 radical (unpaired) electrons. The number of rotatable bonds is 2. The van der Waals surface area contributed by atoms with Crippen molar-refractivity contribution >= 4 is 11.5 Å². The molecule has 3 rings (SSSR count). The maximum atomic E-state index is 5.16. The molecule has 1 aromatic heterocycles. The number of nitrogens with zero attached hydrogens (tertiary/aromatic N) is 2. The smallest absolute Gasteiger partial charge is 0.192 e. The van der Waals surface area contributed by atoms with E-state index in [1.165, 1.54) is 11.5 Å². The zero-order chi connectivity index (χ0) is 10.1. The molecule has 0 aliphatic carbocycles. The van der Waals surface area contributed by atoms with E-state index in [0.29, 0.717) is 19.2 Å². The first kappa shape index (κ1) is 9.54. The summed E-state index contributed by atoms with van der Waals surface area (Å²) in [6.07, 6.45) is -0.345. The van der Waals surface area contributed by atoms with E-state index >= 15 is 0 Å². The predicted molar refractivity (Wildman–Crippen MR) is 49.8 cm³/mol. The van der Waals surface area contributed by atoms with Gasteiger partial charge in [0, 0.05) is 0 Å². The number of aromatic nitrogens is 2. The molecular formula is C6H10N6O2S. The van der Waals surface area contributed by atoms with Crippen molar-refractivity contribution in [3.05, 3.63) is 10.8 Å². The van der Waals surface area contributed by atoms with Crippen molar-refractivity contribution in [3.8, 4) is 0 Å². The normalized spacial score (nSPS) is 31.2. The molecule has 0 spiro atoms. The topological polar surface area (TPSA) is 92.4 Å². The van der Waals surface area contributed by atoms with Gasteiger partial charge in [0.2, 0.25) is 0 Å². The standard InChI is InChI=1S/C6H10N6O2S/c1-7-5(14-9-1)3-10-6(15-12-3)4-8-2-13-11-4/h4-5,7-9,11H,1-2H2. The Morgan fingerprint density at radius 2 is 2.40 bits per heavy atom. The van der Waals surface area contributed by atoms with Crippen LogP contribution in [0.5, 0.6) is 0 Å². The molecule has 15 heavy (non-hydrogen) atoms. The van der Waals surface area contributed by atoms with Crippen molar-refractivity contribution in [2.75, 3.05) is 13.4 Å². The summed E-state index contributed by atoms with van der Waals surface area (Å²) < 4.78 is 4.21. The zero-order valence-electron chi connectivity index (χ0n) is 7.69. The van der Waals surface area contributed by atoms with Crippen LogP contribution in [0.15, 0.2) is 0 Å². The number of hydroxylamine groups is 2. The van der Waals surface area contributed by atoms with Crippen LogP contribution in [0.4, 0.5) is 0 Å². The molecule has 8 nitrogen and oxygen atoms in total. The summed E-state index contributed by atoms with van der Waals surface area (Å²) in [6.45, 7) is 1.07. The summed E-state index contributed by atoms with van der Waals surface area (Å²) in [5.41, 5.74) is 5.50. The Morgan fingerprint density at radius 3 is 3.13 bits per heavy atom. The highest BCUT2D eigenvalue weighted by Crippen LogP contribution is 2.19. The molecule has 2 aliphatic heterocycles. The average molecular weight is 230 g/mol. The van der Waals surface area contributed by atoms with Crippen LogP contribution in [0, 0.1) is 0 Å². The summed E-state index contributed by atoms with van der Waals surface area (Å²) >= 11 is 1.32. The summed E-state index contributed by atoms with van der Waals surface area (Å²) in [5, 5.41) is 6.96. The van der Waals surface area contributed by atoms with Crippen molar-refractivity contribution in [2.45, 2.75) is 12.4 Å². The van der Waals surface area contributed by atoms with Gasteiger partial charge in [-0.15, -0.1) is 0 Å². The first-order valence-corrected chi connectivity index (χ1v) is 5.27. The van der Waals surface area contributed by atoms with Crippen LogP contribution in [-0.2, 0) is 9.68 Å². The highest BCUT2D eigenvalue weighted by atomic mass is 32.1. The van der Waals surface area contributed by atoms with Gasteiger partial charge in [0.05, 0.1) is 6.67 Å². The van der Waals surface area contributed by atoms with Gasteiger partial charge in [0.1, 0.15) is 17.9 Å². The molecule has 2 fully saturated rings. The molecule has 0 bridgehead atoms. The van der Waals surface area contributed by atoms with Crippen LogP contribution in [-0.4, -0.2) is 22.8 Å². The fraction of sp³-hybridized carbons (Fsp3) is 0.667. The summed E-state index contributed by atoms with van der Waals surface area (Å²) in [7, 11) is 0. The van der Waals surface area contributed by atoms with Gasteiger partial charge in [0.15, 0.2) is 12.1 Å². The first-order chi connectivity index (χ1) is 7.43. The summed E-state index contributed by atoms with van der Waals surface area (Å²) in [5.74, 6) is 0.635. The van der Waals surface area contributed by atoms with Crippen LogP contribution in [0.1, 0.15) is 23.2 Å². The lowest BCUT2D eigenvalue weighted by Gasteiger charge is -2.03. The van der Waals surface area contributed by atoms with Crippen LogP contribution in [0.2, 0.25) is 0 Å². The Bertz CT molecular complexity index is 304. The van der Waals surface area contributed by atoms with Crippen molar-refractivity contribution in [2.24, 2.45) is 0 Å². The van der Waals surface area contributed by atoms with Crippen LogP contribution in [0.3, 0.4) is 0 Å². The maximum Gasteiger partial charge on any atom is 0.192 e. The summed E-state index contributed by atoms with van der Waals surface area (Å²) in [6, 6.07) is 0. The molecule has 0 amide bonds. The monoisotopic (exact) mass is 230 g/mol. The molecule has 1 aromatic rings. The van der Waals surface area contributed by atoms with Crippen LogP contribution >= 0.6 is 11.5 Å². The molecule has 82 valence electrons. The van der Waals surface area contributed by atoms with E-state index in [9.17, 15) is 0 Å². The third-order valence-corrected chi connectivity index (χ3v) is 2.85. The Kier molecular flexibility index (Phi) is 2.58. The van der Waals surface area contributed by atoms with Crippen molar-refractivity contribution in [3.63, 3.8) is 0 Å². The Labute approximate surface area is 89.4 Å². The minimum absolute atomic E-state index is 0.0781. The zero-order valence-corrected chi connectivity index (χ0v) is 8.50. The van der Waals surface area contributed by atoms with Gasteiger partial charge < -0.3 is 0 Å². The van der Waals surface area contributed by atoms with E-state index in [4.69, 9.17) is 9.68 Å². The van der Waals surface area contributed by atoms with E-state index in [1.807, 2.05) is 0 Å². The largest absolute Gasteiger partial charge is 0.284 e. The molecule has 2 saturated heterocycles.